The summed E-state index contributed by atoms with van der Waals surface area (Å²) < 4.78 is 5.44. The van der Waals surface area contributed by atoms with Crippen molar-refractivity contribution < 1.29 is 14.4 Å². The minimum Gasteiger partial charge on any atom is -0.381 e. The van der Waals surface area contributed by atoms with Gasteiger partial charge in [-0.3, -0.25) is 9.78 Å². The summed E-state index contributed by atoms with van der Waals surface area (Å²) in [4.78, 5) is 30.5. The maximum atomic E-state index is 12.0. The molecule has 1 unspecified atom stereocenters. The fourth-order valence-electron chi connectivity index (χ4n) is 4.17. The van der Waals surface area contributed by atoms with Crippen LogP contribution < -0.4 is 16.1 Å². The first kappa shape index (κ1) is 27.0. The Morgan fingerprint density at radius 2 is 2.00 bits per heavy atom. The third-order valence-electron chi connectivity index (χ3n) is 6.43. The molecule has 0 saturated carbocycles. The first-order chi connectivity index (χ1) is 19.6. The number of nitrogens with zero attached hydrogens (tertiary/aromatic N) is 3. The number of ether oxygens (including phenoxy) is 1. The van der Waals surface area contributed by atoms with Gasteiger partial charge in [-0.1, -0.05) is 30.3 Å². The van der Waals surface area contributed by atoms with Gasteiger partial charge in [0.05, 0.1) is 5.69 Å². The monoisotopic (exact) mass is 536 g/mol. The number of anilines is 3. The number of rotatable bonds is 10. The number of amides is 1. The SMILES string of the molecule is Cc1ccc(NCc2ccc(/C=C/C(=O)NOC3CCCCO3)cc2)cc1Nc1nccc(-c2cccnc2)n1. The number of hydroxylamine groups is 1. The van der Waals surface area contributed by atoms with E-state index in [-0.39, 0.29) is 12.2 Å². The van der Waals surface area contributed by atoms with Gasteiger partial charge < -0.3 is 15.4 Å². The highest BCUT2D eigenvalue weighted by Gasteiger charge is 2.15. The summed E-state index contributed by atoms with van der Waals surface area (Å²) in [6.45, 7) is 3.35. The van der Waals surface area contributed by atoms with Crippen LogP contribution in [0.5, 0.6) is 0 Å². The molecular weight excluding hydrogens is 504 g/mol. The molecule has 0 radical (unpaired) electrons. The van der Waals surface area contributed by atoms with Gasteiger partial charge in [0.15, 0.2) is 6.29 Å². The molecule has 9 nitrogen and oxygen atoms in total. The van der Waals surface area contributed by atoms with Gasteiger partial charge in [-0.2, -0.15) is 0 Å². The first-order valence-electron chi connectivity index (χ1n) is 13.3. The standard InChI is InChI=1S/C31H32N6O3/c1-22-7-13-26(19-28(22)36-31-33-17-15-27(35-31)25-5-4-16-32-21-25)34-20-24-10-8-23(9-11-24)12-14-29(38)37-40-30-6-2-3-18-39-30/h4-5,7-17,19,21,30,34H,2-3,6,18,20H2,1H3,(H,37,38)(H,33,35,36)/b14-12+. The number of nitrogens with one attached hydrogen (secondary N) is 3. The normalized spacial score (nSPS) is 15.1. The van der Waals surface area contributed by atoms with E-state index in [1.54, 1.807) is 24.7 Å². The van der Waals surface area contributed by atoms with Crippen molar-refractivity contribution in [3.8, 4) is 11.3 Å². The molecular formula is C31H32N6O3. The summed E-state index contributed by atoms with van der Waals surface area (Å²) in [7, 11) is 0. The molecule has 0 bridgehead atoms. The molecule has 3 heterocycles. The number of hydrogen-bond acceptors (Lipinski definition) is 8. The molecule has 1 saturated heterocycles. The molecule has 1 atom stereocenters. The smallest absolute Gasteiger partial charge is 0.267 e. The van der Waals surface area contributed by atoms with Gasteiger partial charge in [0.1, 0.15) is 0 Å². The zero-order chi connectivity index (χ0) is 27.6. The van der Waals surface area contributed by atoms with Gasteiger partial charge in [-0.25, -0.2) is 20.3 Å². The maximum absolute atomic E-state index is 12.0. The van der Waals surface area contributed by atoms with Crippen LogP contribution in [0, 0.1) is 6.92 Å². The molecule has 1 fully saturated rings. The van der Waals surface area contributed by atoms with Crippen molar-refractivity contribution in [3.63, 3.8) is 0 Å². The lowest BCUT2D eigenvalue weighted by molar-refractivity contribution is -0.198. The summed E-state index contributed by atoms with van der Waals surface area (Å²) in [6.07, 6.45) is 10.9. The summed E-state index contributed by atoms with van der Waals surface area (Å²) in [5, 5.41) is 6.81. The van der Waals surface area contributed by atoms with Gasteiger partial charge in [0.25, 0.3) is 5.91 Å². The number of aryl methyl sites for hydroxylation is 1. The Balaban J connectivity index is 1.14. The first-order valence-corrected chi connectivity index (χ1v) is 13.3. The van der Waals surface area contributed by atoms with E-state index in [0.717, 1.165) is 58.6 Å². The van der Waals surface area contributed by atoms with Crippen molar-refractivity contribution in [3.05, 3.63) is 102 Å². The number of carbonyl (C=O) groups excluding carboxylic acids is 1. The fourth-order valence-corrected chi connectivity index (χ4v) is 4.17. The molecule has 1 aliphatic heterocycles. The Kier molecular flexibility index (Phi) is 9.08. The van der Waals surface area contributed by atoms with Crippen LogP contribution >= 0.6 is 0 Å². The Bertz CT molecular complexity index is 1440. The summed E-state index contributed by atoms with van der Waals surface area (Å²) in [5.41, 5.74) is 9.18. The van der Waals surface area contributed by atoms with Crippen LogP contribution in [0.15, 0.2) is 85.3 Å². The van der Waals surface area contributed by atoms with E-state index in [2.05, 4.69) is 37.1 Å². The van der Waals surface area contributed by atoms with Gasteiger partial charge in [0, 0.05) is 61.2 Å². The predicted molar refractivity (Wildman–Crippen MR) is 155 cm³/mol. The molecule has 0 spiro atoms. The zero-order valence-corrected chi connectivity index (χ0v) is 22.3. The van der Waals surface area contributed by atoms with Crippen LogP contribution in [-0.4, -0.2) is 33.8 Å². The molecule has 3 N–H and O–H groups in total. The Hall–Kier alpha value is -4.60. The van der Waals surface area contributed by atoms with Crippen LogP contribution in [0.1, 0.15) is 36.0 Å². The zero-order valence-electron chi connectivity index (χ0n) is 22.3. The molecule has 5 rings (SSSR count). The van der Waals surface area contributed by atoms with Crippen molar-refractivity contribution in [1.29, 1.82) is 0 Å². The van der Waals surface area contributed by atoms with Crippen LogP contribution in [0.3, 0.4) is 0 Å². The minimum atomic E-state index is -0.366. The van der Waals surface area contributed by atoms with E-state index in [4.69, 9.17) is 9.57 Å². The van der Waals surface area contributed by atoms with Gasteiger partial charge in [-0.05, 0) is 72.9 Å². The summed E-state index contributed by atoms with van der Waals surface area (Å²) in [6, 6.07) is 19.9. The Labute approximate surface area is 233 Å². The number of pyridine rings is 1. The van der Waals surface area contributed by atoms with Crippen LogP contribution in [0.25, 0.3) is 17.3 Å². The molecule has 4 aromatic rings. The van der Waals surface area contributed by atoms with Crippen molar-refractivity contribution in [2.45, 2.75) is 39.0 Å². The van der Waals surface area contributed by atoms with Crippen molar-refractivity contribution in [2.24, 2.45) is 0 Å². The van der Waals surface area contributed by atoms with E-state index in [9.17, 15) is 4.79 Å². The van der Waals surface area contributed by atoms with Crippen LogP contribution in [-0.2, 0) is 20.9 Å². The van der Waals surface area contributed by atoms with E-state index < -0.39 is 0 Å². The highest BCUT2D eigenvalue weighted by Crippen LogP contribution is 2.24. The summed E-state index contributed by atoms with van der Waals surface area (Å²) >= 11 is 0. The van der Waals surface area contributed by atoms with Gasteiger partial charge >= 0.3 is 0 Å². The molecule has 1 aliphatic rings. The molecule has 204 valence electrons. The molecule has 2 aromatic carbocycles. The maximum Gasteiger partial charge on any atom is 0.267 e. The Morgan fingerprint density at radius 3 is 2.80 bits per heavy atom. The number of aromatic nitrogens is 3. The lowest BCUT2D eigenvalue weighted by Crippen LogP contribution is -2.32. The third kappa shape index (κ3) is 7.72. The Morgan fingerprint density at radius 1 is 1.10 bits per heavy atom. The van der Waals surface area contributed by atoms with E-state index >= 15 is 0 Å². The summed E-state index contributed by atoms with van der Waals surface area (Å²) in [5.74, 6) is 0.200. The average Bonchev–Trinajstić information content (AvgIpc) is 3.01. The molecule has 9 heteroatoms. The molecule has 2 aromatic heterocycles. The topological polar surface area (TPSA) is 110 Å². The molecule has 40 heavy (non-hydrogen) atoms. The number of carbonyl (C=O) groups is 1. The van der Waals surface area contributed by atoms with Crippen LogP contribution in [0.2, 0.25) is 0 Å². The number of hydrogen-bond donors (Lipinski definition) is 3. The van der Waals surface area contributed by atoms with Gasteiger partial charge in [-0.15, -0.1) is 0 Å². The largest absolute Gasteiger partial charge is 0.381 e. The number of benzene rings is 2. The second-order valence-electron chi connectivity index (χ2n) is 9.47. The molecule has 0 aliphatic carbocycles. The van der Waals surface area contributed by atoms with E-state index in [0.29, 0.717) is 19.1 Å². The second-order valence-corrected chi connectivity index (χ2v) is 9.47. The highest BCUT2D eigenvalue weighted by atomic mass is 16.8. The van der Waals surface area contributed by atoms with Gasteiger partial charge in [0.2, 0.25) is 5.95 Å². The third-order valence-corrected chi connectivity index (χ3v) is 6.43. The minimum absolute atomic E-state index is 0.321. The molecule has 1 amide bonds. The fraction of sp³-hybridized carbons (Fsp3) is 0.226. The van der Waals surface area contributed by atoms with E-state index in [1.165, 1.54) is 6.08 Å². The lowest BCUT2D eigenvalue weighted by Gasteiger charge is -2.21. The van der Waals surface area contributed by atoms with E-state index in [1.807, 2.05) is 61.5 Å². The second kappa shape index (κ2) is 13.5. The highest BCUT2D eigenvalue weighted by molar-refractivity contribution is 5.90. The average molecular weight is 537 g/mol. The quantitative estimate of drug-likeness (QED) is 0.173. The van der Waals surface area contributed by atoms with Crippen molar-refractivity contribution in [1.82, 2.24) is 20.4 Å². The van der Waals surface area contributed by atoms with Crippen molar-refractivity contribution in [2.75, 3.05) is 17.2 Å². The van der Waals surface area contributed by atoms with Crippen LogP contribution in [0.4, 0.5) is 17.3 Å². The predicted octanol–water partition coefficient (Wildman–Crippen LogP) is 5.79. The lowest BCUT2D eigenvalue weighted by atomic mass is 10.1. The van der Waals surface area contributed by atoms with Crippen molar-refractivity contribution >= 4 is 29.3 Å².